The van der Waals surface area contributed by atoms with E-state index in [1.54, 1.807) is 42.5 Å². The summed E-state index contributed by atoms with van der Waals surface area (Å²) in [4.78, 5) is 36.8. The lowest BCUT2D eigenvalue weighted by atomic mass is 10.1. The molecule has 0 aliphatic carbocycles. The van der Waals surface area contributed by atoms with Crippen molar-refractivity contribution in [2.45, 2.75) is 6.61 Å². The third-order valence-electron chi connectivity index (χ3n) is 4.73. The minimum Gasteiger partial charge on any atom is -0.487 e. The molecular formula is C23H15I2N3O5. The van der Waals surface area contributed by atoms with Gasteiger partial charge in [-0.25, -0.2) is 9.69 Å². The number of carbonyl (C=O) groups is 2. The van der Waals surface area contributed by atoms with Crippen LogP contribution in [-0.4, -0.2) is 16.9 Å². The number of ether oxygens (including phenoxy) is 1. The first-order valence-electron chi connectivity index (χ1n) is 9.61. The zero-order valence-electron chi connectivity index (χ0n) is 16.8. The standard InChI is InChI=1S/C23H15I2N3O5/c24-18-10-15(12-20-22(29)27(23(30)26-20)16-6-2-1-3-7-16)11-19(25)21(18)33-13-14-5-4-8-17(9-14)28(31)32/h1-12H,13H2,(H,26,30)/b20-12+. The minimum atomic E-state index is -0.501. The molecule has 1 heterocycles. The van der Waals surface area contributed by atoms with Crippen molar-refractivity contribution in [3.63, 3.8) is 0 Å². The van der Waals surface area contributed by atoms with Crippen LogP contribution in [0.5, 0.6) is 5.75 Å². The highest BCUT2D eigenvalue weighted by molar-refractivity contribution is 14.1. The van der Waals surface area contributed by atoms with Gasteiger partial charge in [-0.05, 0) is 86.7 Å². The molecule has 1 N–H and O–H groups in total. The normalized spacial score (nSPS) is 14.5. The number of nitro benzene ring substituents is 1. The largest absolute Gasteiger partial charge is 0.487 e. The van der Waals surface area contributed by atoms with Gasteiger partial charge in [0.2, 0.25) is 0 Å². The fourth-order valence-corrected chi connectivity index (χ4v) is 5.36. The number of anilines is 1. The van der Waals surface area contributed by atoms with E-state index in [9.17, 15) is 19.7 Å². The molecule has 33 heavy (non-hydrogen) atoms. The molecule has 1 saturated heterocycles. The van der Waals surface area contributed by atoms with Gasteiger partial charge in [0.1, 0.15) is 18.1 Å². The number of nitro groups is 1. The SMILES string of the molecule is O=C1N/C(=C/c2cc(I)c(OCc3cccc([N+](=O)[O-])c3)c(I)c2)C(=O)N1c1ccccc1. The Hall–Kier alpha value is -3.00. The number of nitrogens with one attached hydrogen (secondary N) is 1. The number of halogens is 2. The van der Waals surface area contributed by atoms with Crippen molar-refractivity contribution in [1.82, 2.24) is 5.32 Å². The first-order valence-corrected chi connectivity index (χ1v) is 11.8. The predicted octanol–water partition coefficient (Wildman–Crippen LogP) is 5.48. The molecule has 0 saturated carbocycles. The van der Waals surface area contributed by atoms with Gasteiger partial charge in [-0.2, -0.15) is 0 Å². The van der Waals surface area contributed by atoms with Crippen molar-refractivity contribution in [1.29, 1.82) is 0 Å². The zero-order chi connectivity index (χ0) is 23.5. The zero-order valence-corrected chi connectivity index (χ0v) is 21.1. The van der Waals surface area contributed by atoms with Crippen LogP contribution in [0.2, 0.25) is 0 Å². The third-order valence-corrected chi connectivity index (χ3v) is 6.33. The summed E-state index contributed by atoms with van der Waals surface area (Å²) in [5, 5.41) is 13.6. The maximum absolute atomic E-state index is 12.8. The molecule has 1 fully saturated rings. The molecule has 0 spiro atoms. The number of carbonyl (C=O) groups excluding carboxylic acids is 2. The lowest BCUT2D eigenvalue weighted by Gasteiger charge is -2.12. The number of rotatable bonds is 6. The molecule has 3 aromatic rings. The van der Waals surface area contributed by atoms with E-state index in [2.05, 4.69) is 50.5 Å². The highest BCUT2D eigenvalue weighted by Crippen LogP contribution is 2.31. The van der Waals surface area contributed by atoms with Crippen LogP contribution in [0.1, 0.15) is 11.1 Å². The van der Waals surface area contributed by atoms with Crippen LogP contribution in [0.4, 0.5) is 16.2 Å². The van der Waals surface area contributed by atoms with E-state index in [1.807, 2.05) is 18.2 Å². The molecule has 0 unspecified atom stereocenters. The van der Waals surface area contributed by atoms with E-state index in [1.165, 1.54) is 12.1 Å². The number of urea groups is 1. The van der Waals surface area contributed by atoms with Gasteiger partial charge in [0.05, 0.1) is 17.8 Å². The Morgan fingerprint density at radius 3 is 2.36 bits per heavy atom. The van der Waals surface area contributed by atoms with Crippen molar-refractivity contribution < 1.29 is 19.2 Å². The van der Waals surface area contributed by atoms with Crippen molar-refractivity contribution in [2.75, 3.05) is 4.90 Å². The van der Waals surface area contributed by atoms with Crippen LogP contribution in [0.3, 0.4) is 0 Å². The highest BCUT2D eigenvalue weighted by atomic mass is 127. The second kappa shape index (κ2) is 9.87. The Bertz CT molecular complexity index is 1270. The number of imide groups is 1. The summed E-state index contributed by atoms with van der Waals surface area (Å²) in [7, 11) is 0. The smallest absolute Gasteiger partial charge is 0.333 e. The van der Waals surface area contributed by atoms with Gasteiger partial charge in [0.15, 0.2) is 0 Å². The van der Waals surface area contributed by atoms with Crippen molar-refractivity contribution >= 4 is 74.6 Å². The number of hydrogen-bond donors (Lipinski definition) is 1. The molecule has 3 aromatic carbocycles. The third kappa shape index (κ3) is 5.16. The topological polar surface area (TPSA) is 102 Å². The van der Waals surface area contributed by atoms with Crippen LogP contribution in [-0.2, 0) is 11.4 Å². The summed E-state index contributed by atoms with van der Waals surface area (Å²) in [5.74, 6) is 0.208. The maximum Gasteiger partial charge on any atom is 0.333 e. The van der Waals surface area contributed by atoms with Gasteiger partial charge in [-0.3, -0.25) is 14.9 Å². The second-order valence-electron chi connectivity index (χ2n) is 6.99. The molecule has 3 amide bonds. The highest BCUT2D eigenvalue weighted by Gasteiger charge is 2.34. The summed E-state index contributed by atoms with van der Waals surface area (Å²) < 4.78 is 7.52. The predicted molar refractivity (Wildman–Crippen MR) is 140 cm³/mol. The molecule has 0 bridgehead atoms. The fourth-order valence-electron chi connectivity index (χ4n) is 3.23. The van der Waals surface area contributed by atoms with Crippen LogP contribution < -0.4 is 15.0 Å². The number of amides is 3. The van der Waals surface area contributed by atoms with Crippen LogP contribution >= 0.6 is 45.2 Å². The number of non-ortho nitro benzene ring substituents is 1. The molecule has 1 aliphatic heterocycles. The molecule has 1 aliphatic rings. The van der Waals surface area contributed by atoms with E-state index in [0.29, 0.717) is 17.0 Å². The van der Waals surface area contributed by atoms with Crippen molar-refractivity contribution in [2.24, 2.45) is 0 Å². The van der Waals surface area contributed by atoms with Gasteiger partial charge >= 0.3 is 6.03 Å². The summed E-state index contributed by atoms with van der Waals surface area (Å²) in [6.07, 6.45) is 1.62. The number of benzene rings is 3. The number of hydrogen-bond acceptors (Lipinski definition) is 5. The lowest BCUT2D eigenvalue weighted by molar-refractivity contribution is -0.384. The van der Waals surface area contributed by atoms with Crippen LogP contribution in [0.15, 0.2) is 72.4 Å². The first kappa shape index (κ1) is 23.2. The van der Waals surface area contributed by atoms with Crippen LogP contribution in [0, 0.1) is 17.3 Å². The lowest BCUT2D eigenvalue weighted by Crippen LogP contribution is -2.30. The summed E-state index contributed by atoms with van der Waals surface area (Å²) >= 11 is 4.26. The Kier molecular flexibility index (Phi) is 6.93. The van der Waals surface area contributed by atoms with E-state index < -0.39 is 16.9 Å². The van der Waals surface area contributed by atoms with Gasteiger partial charge in [-0.15, -0.1) is 0 Å². The number of para-hydroxylation sites is 1. The summed E-state index contributed by atoms with van der Waals surface area (Å²) in [6, 6.07) is 18.2. The average Bonchev–Trinajstić information content (AvgIpc) is 3.06. The molecular weight excluding hydrogens is 652 g/mol. The molecule has 0 atom stereocenters. The Morgan fingerprint density at radius 1 is 1.00 bits per heavy atom. The van der Waals surface area contributed by atoms with E-state index in [4.69, 9.17) is 4.74 Å². The quantitative estimate of drug-likeness (QED) is 0.123. The average molecular weight is 667 g/mol. The Balaban J connectivity index is 1.53. The molecule has 4 rings (SSSR count). The number of nitrogens with zero attached hydrogens (tertiary/aromatic N) is 2. The van der Waals surface area contributed by atoms with Crippen molar-refractivity contribution in [3.05, 3.63) is 101 Å². The van der Waals surface area contributed by atoms with E-state index >= 15 is 0 Å². The molecule has 8 nitrogen and oxygen atoms in total. The Labute approximate surface area is 216 Å². The fraction of sp³-hybridized carbons (Fsp3) is 0.0435. The van der Waals surface area contributed by atoms with Gasteiger partial charge in [0.25, 0.3) is 11.6 Å². The van der Waals surface area contributed by atoms with Gasteiger partial charge in [-0.1, -0.05) is 30.3 Å². The maximum atomic E-state index is 12.8. The molecule has 10 heteroatoms. The van der Waals surface area contributed by atoms with Gasteiger partial charge < -0.3 is 10.1 Å². The van der Waals surface area contributed by atoms with Crippen LogP contribution in [0.25, 0.3) is 6.08 Å². The summed E-state index contributed by atoms with van der Waals surface area (Å²) in [6.45, 7) is 0.175. The molecule has 166 valence electrons. The van der Waals surface area contributed by atoms with Crippen molar-refractivity contribution in [3.8, 4) is 5.75 Å². The Morgan fingerprint density at radius 2 is 1.70 bits per heavy atom. The molecule has 0 aromatic heterocycles. The van der Waals surface area contributed by atoms with E-state index in [0.717, 1.165) is 17.6 Å². The second-order valence-corrected chi connectivity index (χ2v) is 9.32. The first-order chi connectivity index (χ1) is 15.8. The minimum absolute atomic E-state index is 0.00953. The summed E-state index contributed by atoms with van der Waals surface area (Å²) in [5.41, 5.74) is 2.10. The van der Waals surface area contributed by atoms with Gasteiger partial charge in [0, 0.05) is 12.1 Å². The van der Waals surface area contributed by atoms with E-state index in [-0.39, 0.29) is 18.0 Å². The monoisotopic (exact) mass is 667 g/mol. The molecule has 0 radical (unpaired) electrons.